The first-order valence-corrected chi connectivity index (χ1v) is 6.81. The minimum absolute atomic E-state index is 0.290. The molecule has 0 aromatic heterocycles. The van der Waals surface area contributed by atoms with Crippen LogP contribution in [0.2, 0.25) is 0 Å². The largest absolute Gasteiger partial charge is 0.369 e. The molecule has 0 radical (unpaired) electrons. The lowest BCUT2D eigenvalue weighted by Crippen LogP contribution is -2.39. The summed E-state index contributed by atoms with van der Waals surface area (Å²) in [7, 11) is 2.05. The molecule has 2 N–H and O–H groups in total. The number of likely N-dealkylation sites (tertiary alicyclic amines) is 1. The van der Waals surface area contributed by atoms with Crippen molar-refractivity contribution in [2.45, 2.75) is 33.2 Å². The molecule has 1 fully saturated rings. The van der Waals surface area contributed by atoms with E-state index in [1.54, 1.807) is 0 Å². The van der Waals surface area contributed by atoms with E-state index in [9.17, 15) is 0 Å². The van der Waals surface area contributed by atoms with E-state index < -0.39 is 0 Å². The van der Waals surface area contributed by atoms with Crippen LogP contribution in [0.25, 0.3) is 0 Å². The van der Waals surface area contributed by atoms with Crippen molar-refractivity contribution in [3.63, 3.8) is 0 Å². The Balaban J connectivity index is 1.98. The molecule has 0 spiro atoms. The highest BCUT2D eigenvalue weighted by atomic mass is 15.5. The molecule has 0 unspecified atom stereocenters. The fourth-order valence-electron chi connectivity index (χ4n) is 2.48. The summed E-state index contributed by atoms with van der Waals surface area (Å²) in [6.07, 6.45) is 7.66. The normalized spacial score (nSPS) is 24.2. The first kappa shape index (κ1) is 13.3. The smallest absolute Gasteiger partial charge is 0.0563 e. The molecule has 1 saturated heterocycles. The summed E-state index contributed by atoms with van der Waals surface area (Å²) < 4.78 is 0. The van der Waals surface area contributed by atoms with Crippen LogP contribution in [0, 0.1) is 5.41 Å². The Morgan fingerprint density at radius 1 is 1.44 bits per heavy atom. The lowest BCUT2D eigenvalue weighted by Gasteiger charge is -2.33. The fourth-order valence-corrected chi connectivity index (χ4v) is 2.48. The first-order valence-electron chi connectivity index (χ1n) is 6.81. The van der Waals surface area contributed by atoms with Crippen molar-refractivity contribution in [3.8, 4) is 0 Å². The molecule has 18 heavy (non-hydrogen) atoms. The zero-order valence-corrected chi connectivity index (χ0v) is 12.0. The van der Waals surface area contributed by atoms with Gasteiger partial charge >= 0.3 is 0 Å². The molecule has 2 heterocycles. The van der Waals surface area contributed by atoms with Crippen molar-refractivity contribution in [1.29, 1.82) is 0 Å². The Morgan fingerprint density at radius 3 is 2.83 bits per heavy atom. The molecule has 0 bridgehead atoms. The Kier molecular flexibility index (Phi) is 3.85. The Morgan fingerprint density at radius 2 is 2.22 bits per heavy atom. The third kappa shape index (κ3) is 3.42. The molecule has 2 aliphatic heterocycles. The zero-order valence-electron chi connectivity index (χ0n) is 12.0. The second-order valence-electron chi connectivity index (χ2n) is 6.43. The van der Waals surface area contributed by atoms with Crippen LogP contribution in [0.1, 0.15) is 27.2 Å². The quantitative estimate of drug-likeness (QED) is 0.795. The van der Waals surface area contributed by atoms with Crippen LogP contribution in [-0.4, -0.2) is 42.6 Å². The van der Waals surface area contributed by atoms with Gasteiger partial charge in [0.1, 0.15) is 0 Å². The number of rotatable bonds is 3. The maximum Gasteiger partial charge on any atom is 0.0563 e. The summed E-state index contributed by atoms with van der Waals surface area (Å²) in [6.45, 7) is 10.0. The van der Waals surface area contributed by atoms with E-state index in [1.165, 1.54) is 12.1 Å². The number of nitrogens with one attached hydrogen (secondary N) is 2. The molecule has 4 heteroatoms. The number of hydrogen-bond donors (Lipinski definition) is 2. The Labute approximate surface area is 111 Å². The monoisotopic (exact) mass is 250 g/mol. The average molecular weight is 250 g/mol. The van der Waals surface area contributed by atoms with Crippen molar-refractivity contribution in [2.75, 3.05) is 26.7 Å². The number of hydrazine groups is 1. The molecule has 102 valence electrons. The van der Waals surface area contributed by atoms with E-state index >= 15 is 0 Å². The number of likely N-dealkylation sites (N-methyl/N-ethyl adjacent to an activating group) is 1. The van der Waals surface area contributed by atoms with Crippen molar-refractivity contribution < 1.29 is 0 Å². The molecule has 4 nitrogen and oxygen atoms in total. The van der Waals surface area contributed by atoms with Gasteiger partial charge in [0.2, 0.25) is 0 Å². The van der Waals surface area contributed by atoms with Gasteiger partial charge in [-0.15, -0.1) is 0 Å². The molecule has 2 rings (SSSR count). The van der Waals surface area contributed by atoms with Gasteiger partial charge in [0, 0.05) is 38.1 Å². The predicted molar refractivity (Wildman–Crippen MR) is 75.6 cm³/mol. The lowest BCUT2D eigenvalue weighted by molar-refractivity contribution is 0.206. The van der Waals surface area contributed by atoms with E-state index in [2.05, 4.69) is 53.7 Å². The standard InChI is InChI=1S/C14H26N4/c1-14(2,3)11-18-10-13(5-7-16-18)17-8-6-12(9-17)15-4/h5,7,10,12,15-16H,6,8-9,11H2,1-4H3/t12-/m0/s1. The third-order valence-corrected chi connectivity index (χ3v) is 3.39. The Hall–Kier alpha value is -1.16. The summed E-state index contributed by atoms with van der Waals surface area (Å²) >= 11 is 0. The maximum absolute atomic E-state index is 3.36. The molecule has 0 aliphatic carbocycles. The highest BCUT2D eigenvalue weighted by Gasteiger charge is 2.23. The van der Waals surface area contributed by atoms with Crippen LogP contribution >= 0.6 is 0 Å². The lowest BCUT2D eigenvalue weighted by atomic mass is 9.97. The highest BCUT2D eigenvalue weighted by Crippen LogP contribution is 2.20. The molecule has 0 saturated carbocycles. The topological polar surface area (TPSA) is 30.5 Å². The van der Waals surface area contributed by atoms with E-state index in [0.29, 0.717) is 6.04 Å². The molecule has 0 amide bonds. The third-order valence-electron chi connectivity index (χ3n) is 3.39. The van der Waals surface area contributed by atoms with Gasteiger partial charge in [0.05, 0.1) is 5.70 Å². The summed E-state index contributed by atoms with van der Waals surface area (Å²) in [4.78, 5) is 2.45. The van der Waals surface area contributed by atoms with E-state index in [4.69, 9.17) is 0 Å². The minimum Gasteiger partial charge on any atom is -0.369 e. The summed E-state index contributed by atoms with van der Waals surface area (Å²) in [5.41, 5.74) is 4.89. The molecule has 0 aromatic rings. The Bertz CT molecular complexity index is 340. The van der Waals surface area contributed by atoms with E-state index in [1.807, 2.05) is 13.2 Å². The van der Waals surface area contributed by atoms with Crippen LogP contribution < -0.4 is 10.7 Å². The van der Waals surface area contributed by atoms with Crippen LogP contribution in [-0.2, 0) is 0 Å². The minimum atomic E-state index is 0.290. The summed E-state index contributed by atoms with van der Waals surface area (Å²) in [6, 6.07) is 0.630. The number of allylic oxidation sites excluding steroid dienone is 1. The molecular formula is C14H26N4. The first-order chi connectivity index (χ1) is 8.48. The van der Waals surface area contributed by atoms with Gasteiger partial charge in [-0.05, 0) is 25.0 Å². The summed E-state index contributed by atoms with van der Waals surface area (Å²) in [5, 5.41) is 5.54. The van der Waals surface area contributed by atoms with Crippen molar-refractivity contribution in [2.24, 2.45) is 5.41 Å². The second-order valence-corrected chi connectivity index (χ2v) is 6.43. The maximum atomic E-state index is 3.36. The highest BCUT2D eigenvalue weighted by molar-refractivity contribution is 5.20. The molecule has 0 aromatic carbocycles. The number of nitrogens with zero attached hydrogens (tertiary/aromatic N) is 2. The SMILES string of the molecule is CN[C@H]1CCN(C2=CN(CC(C)(C)C)NC=C2)C1. The molecular weight excluding hydrogens is 224 g/mol. The van der Waals surface area contributed by atoms with Gasteiger partial charge in [-0.3, -0.25) is 5.01 Å². The van der Waals surface area contributed by atoms with E-state index in [-0.39, 0.29) is 5.41 Å². The zero-order chi connectivity index (χ0) is 13.2. The van der Waals surface area contributed by atoms with Gasteiger partial charge in [-0.1, -0.05) is 20.8 Å². The van der Waals surface area contributed by atoms with Gasteiger partial charge in [-0.25, -0.2) is 0 Å². The predicted octanol–water partition coefficient (Wildman–Crippen LogP) is 1.50. The van der Waals surface area contributed by atoms with Crippen LogP contribution in [0.4, 0.5) is 0 Å². The second kappa shape index (κ2) is 5.22. The van der Waals surface area contributed by atoms with E-state index in [0.717, 1.165) is 19.6 Å². The van der Waals surface area contributed by atoms with Gasteiger partial charge < -0.3 is 15.6 Å². The van der Waals surface area contributed by atoms with Crippen LogP contribution in [0.5, 0.6) is 0 Å². The van der Waals surface area contributed by atoms with Gasteiger partial charge in [-0.2, -0.15) is 0 Å². The molecule has 2 aliphatic rings. The fraction of sp³-hybridized carbons (Fsp3) is 0.714. The van der Waals surface area contributed by atoms with Crippen molar-refractivity contribution >= 4 is 0 Å². The van der Waals surface area contributed by atoms with Gasteiger partial charge in [0.15, 0.2) is 0 Å². The van der Waals surface area contributed by atoms with Gasteiger partial charge in [0.25, 0.3) is 0 Å². The van der Waals surface area contributed by atoms with Crippen molar-refractivity contribution in [1.82, 2.24) is 20.7 Å². The van der Waals surface area contributed by atoms with Crippen LogP contribution in [0.15, 0.2) is 24.2 Å². The van der Waals surface area contributed by atoms with Crippen LogP contribution in [0.3, 0.4) is 0 Å². The number of hydrogen-bond acceptors (Lipinski definition) is 4. The molecule has 1 atom stereocenters. The summed E-state index contributed by atoms with van der Waals surface area (Å²) in [5.74, 6) is 0. The van der Waals surface area contributed by atoms with Crippen molar-refractivity contribution in [3.05, 3.63) is 24.2 Å². The average Bonchev–Trinajstić information content (AvgIpc) is 2.75.